The zero-order chi connectivity index (χ0) is 13.1. The van der Waals surface area contributed by atoms with Crippen LogP contribution in [0.1, 0.15) is 17.0 Å². The average molecular weight is 247 g/mol. The molecule has 0 radical (unpaired) electrons. The lowest BCUT2D eigenvalue weighted by Gasteiger charge is -2.05. The highest BCUT2D eigenvalue weighted by molar-refractivity contribution is 5.62. The van der Waals surface area contributed by atoms with E-state index < -0.39 is 4.92 Å². The van der Waals surface area contributed by atoms with Gasteiger partial charge in [-0.05, 0) is 25.5 Å². The summed E-state index contributed by atoms with van der Waals surface area (Å²) in [4.78, 5) is 10.5. The van der Waals surface area contributed by atoms with Gasteiger partial charge in [-0.3, -0.25) is 10.1 Å². The fourth-order valence-corrected chi connectivity index (χ4v) is 1.63. The molecule has 0 spiro atoms. The third kappa shape index (κ3) is 2.65. The summed E-state index contributed by atoms with van der Waals surface area (Å²) in [6.45, 7) is 4.07. The van der Waals surface area contributed by atoms with E-state index in [9.17, 15) is 10.1 Å². The van der Waals surface area contributed by atoms with Crippen LogP contribution in [0.25, 0.3) is 0 Å². The standard InChI is InChI=1S/C12H13N3O3/c1-8-3-4-12(15(16)17)11(5-8)13-7-10-6-9(2)14-18-10/h3-6,13H,7H2,1-2H3. The molecule has 0 fully saturated rings. The van der Waals surface area contributed by atoms with E-state index in [1.54, 1.807) is 18.2 Å². The van der Waals surface area contributed by atoms with Crippen LogP contribution in [0.4, 0.5) is 11.4 Å². The van der Waals surface area contributed by atoms with Gasteiger partial charge < -0.3 is 9.84 Å². The van der Waals surface area contributed by atoms with Crippen LogP contribution in [-0.2, 0) is 6.54 Å². The molecule has 1 aromatic heterocycles. The van der Waals surface area contributed by atoms with Crippen molar-refractivity contribution in [1.29, 1.82) is 0 Å². The van der Waals surface area contributed by atoms with E-state index in [1.807, 2.05) is 13.8 Å². The van der Waals surface area contributed by atoms with Crippen LogP contribution in [0, 0.1) is 24.0 Å². The number of hydrogen-bond donors (Lipinski definition) is 1. The number of nitro benzene ring substituents is 1. The topological polar surface area (TPSA) is 81.2 Å². The summed E-state index contributed by atoms with van der Waals surface area (Å²) in [5.74, 6) is 0.642. The number of aryl methyl sites for hydroxylation is 2. The molecular weight excluding hydrogens is 234 g/mol. The average Bonchev–Trinajstić information content (AvgIpc) is 2.72. The molecule has 0 bridgehead atoms. The van der Waals surface area contributed by atoms with Gasteiger partial charge in [0.25, 0.3) is 5.69 Å². The summed E-state index contributed by atoms with van der Waals surface area (Å²) in [5, 5.41) is 17.6. The second-order valence-electron chi connectivity index (χ2n) is 4.07. The number of aromatic nitrogens is 1. The lowest BCUT2D eigenvalue weighted by Crippen LogP contribution is -2.02. The van der Waals surface area contributed by atoms with E-state index >= 15 is 0 Å². The smallest absolute Gasteiger partial charge is 0.292 e. The number of anilines is 1. The van der Waals surface area contributed by atoms with Crippen molar-refractivity contribution in [3.63, 3.8) is 0 Å². The number of benzene rings is 1. The van der Waals surface area contributed by atoms with Crippen LogP contribution < -0.4 is 5.32 Å². The lowest BCUT2D eigenvalue weighted by molar-refractivity contribution is -0.384. The second-order valence-corrected chi connectivity index (χ2v) is 4.07. The first-order chi connectivity index (χ1) is 8.56. The highest BCUT2D eigenvalue weighted by Gasteiger charge is 2.13. The minimum Gasteiger partial charge on any atom is -0.372 e. The van der Waals surface area contributed by atoms with Crippen molar-refractivity contribution in [2.45, 2.75) is 20.4 Å². The monoisotopic (exact) mass is 247 g/mol. The summed E-state index contributed by atoms with van der Waals surface area (Å²) < 4.78 is 5.03. The molecule has 18 heavy (non-hydrogen) atoms. The van der Waals surface area contributed by atoms with Gasteiger partial charge in [-0.15, -0.1) is 0 Å². The molecule has 1 N–H and O–H groups in total. The second kappa shape index (κ2) is 4.87. The van der Waals surface area contributed by atoms with Crippen molar-refractivity contribution >= 4 is 11.4 Å². The van der Waals surface area contributed by atoms with Gasteiger partial charge in [-0.25, -0.2) is 0 Å². The maximum atomic E-state index is 10.9. The Bertz CT molecular complexity index is 578. The van der Waals surface area contributed by atoms with E-state index in [0.29, 0.717) is 18.0 Å². The van der Waals surface area contributed by atoms with Gasteiger partial charge in [0.05, 0.1) is 17.2 Å². The minimum atomic E-state index is -0.409. The number of rotatable bonds is 4. The molecule has 6 nitrogen and oxygen atoms in total. The maximum absolute atomic E-state index is 10.9. The zero-order valence-corrected chi connectivity index (χ0v) is 10.1. The van der Waals surface area contributed by atoms with Gasteiger partial charge in [-0.2, -0.15) is 0 Å². The van der Waals surface area contributed by atoms with Crippen molar-refractivity contribution in [1.82, 2.24) is 5.16 Å². The number of nitrogens with zero attached hydrogens (tertiary/aromatic N) is 2. The summed E-state index contributed by atoms with van der Waals surface area (Å²) in [6, 6.07) is 6.72. The Balaban J connectivity index is 2.17. The van der Waals surface area contributed by atoms with Crippen LogP contribution >= 0.6 is 0 Å². The van der Waals surface area contributed by atoms with Gasteiger partial charge in [0.1, 0.15) is 5.69 Å². The lowest BCUT2D eigenvalue weighted by atomic mass is 10.2. The summed E-state index contributed by atoms with van der Waals surface area (Å²) in [7, 11) is 0. The fourth-order valence-electron chi connectivity index (χ4n) is 1.63. The van der Waals surface area contributed by atoms with Crippen LogP contribution in [0.2, 0.25) is 0 Å². The van der Waals surface area contributed by atoms with Crippen LogP contribution in [-0.4, -0.2) is 10.1 Å². The van der Waals surface area contributed by atoms with Crippen LogP contribution in [0.15, 0.2) is 28.8 Å². The summed E-state index contributed by atoms with van der Waals surface area (Å²) in [6.07, 6.45) is 0. The molecule has 2 rings (SSSR count). The Kier molecular flexibility index (Phi) is 3.27. The Hall–Kier alpha value is -2.37. The highest BCUT2D eigenvalue weighted by atomic mass is 16.6. The SMILES string of the molecule is Cc1ccc([N+](=O)[O-])c(NCc2cc(C)no2)c1. The van der Waals surface area contributed by atoms with Crippen molar-refractivity contribution in [2.24, 2.45) is 0 Å². The molecule has 0 saturated heterocycles. The highest BCUT2D eigenvalue weighted by Crippen LogP contribution is 2.25. The molecule has 0 aliphatic rings. The first-order valence-electron chi connectivity index (χ1n) is 5.47. The molecule has 0 aliphatic carbocycles. The molecule has 1 heterocycles. The van der Waals surface area contributed by atoms with Gasteiger partial charge in [0.15, 0.2) is 5.76 Å². The molecule has 1 aromatic carbocycles. The number of nitrogens with one attached hydrogen (secondary N) is 1. The molecule has 0 atom stereocenters. The molecule has 0 saturated carbocycles. The third-order valence-electron chi connectivity index (χ3n) is 2.48. The number of hydrogen-bond acceptors (Lipinski definition) is 5. The molecular formula is C12H13N3O3. The third-order valence-corrected chi connectivity index (χ3v) is 2.48. The normalized spacial score (nSPS) is 10.3. The Morgan fingerprint density at radius 2 is 2.17 bits per heavy atom. The predicted octanol–water partition coefficient (Wildman–Crippen LogP) is 2.81. The molecule has 0 amide bonds. The van der Waals surface area contributed by atoms with Crippen LogP contribution in [0.3, 0.4) is 0 Å². The Labute approximate surface area is 104 Å². The van der Waals surface area contributed by atoms with Crippen molar-refractivity contribution < 1.29 is 9.45 Å². The molecule has 0 unspecified atom stereocenters. The summed E-state index contributed by atoms with van der Waals surface area (Å²) >= 11 is 0. The van der Waals surface area contributed by atoms with Gasteiger partial charge >= 0.3 is 0 Å². The van der Waals surface area contributed by atoms with Gasteiger partial charge in [-0.1, -0.05) is 11.2 Å². The summed E-state index contributed by atoms with van der Waals surface area (Å²) in [5.41, 5.74) is 2.27. The van der Waals surface area contributed by atoms with Gasteiger partial charge in [0, 0.05) is 12.1 Å². The quantitative estimate of drug-likeness (QED) is 0.663. The largest absolute Gasteiger partial charge is 0.372 e. The van der Waals surface area contributed by atoms with E-state index in [0.717, 1.165) is 11.3 Å². The van der Waals surface area contributed by atoms with Crippen molar-refractivity contribution in [3.05, 3.63) is 51.4 Å². The Morgan fingerprint density at radius 3 is 2.78 bits per heavy atom. The minimum absolute atomic E-state index is 0.0526. The molecule has 2 aromatic rings. The maximum Gasteiger partial charge on any atom is 0.292 e. The van der Waals surface area contributed by atoms with E-state index in [-0.39, 0.29) is 5.69 Å². The van der Waals surface area contributed by atoms with E-state index in [2.05, 4.69) is 10.5 Å². The first kappa shape index (κ1) is 12.1. The zero-order valence-electron chi connectivity index (χ0n) is 10.1. The molecule has 0 aliphatic heterocycles. The van der Waals surface area contributed by atoms with Crippen LogP contribution in [0.5, 0.6) is 0 Å². The number of nitro groups is 1. The fraction of sp³-hybridized carbons (Fsp3) is 0.250. The first-order valence-corrected chi connectivity index (χ1v) is 5.47. The predicted molar refractivity (Wildman–Crippen MR) is 66.4 cm³/mol. The Morgan fingerprint density at radius 1 is 1.39 bits per heavy atom. The van der Waals surface area contributed by atoms with E-state index in [4.69, 9.17) is 4.52 Å². The van der Waals surface area contributed by atoms with E-state index in [1.165, 1.54) is 6.07 Å². The van der Waals surface area contributed by atoms with Gasteiger partial charge in [0.2, 0.25) is 0 Å². The van der Waals surface area contributed by atoms with Crippen molar-refractivity contribution in [3.8, 4) is 0 Å². The molecule has 94 valence electrons. The molecule has 6 heteroatoms. The van der Waals surface area contributed by atoms with Crippen molar-refractivity contribution in [2.75, 3.05) is 5.32 Å².